The molecule has 8 heteroatoms. The fourth-order valence-electron chi connectivity index (χ4n) is 2.64. The molecule has 0 aromatic heterocycles. The van der Waals surface area contributed by atoms with Crippen molar-refractivity contribution in [1.82, 2.24) is 0 Å². The summed E-state index contributed by atoms with van der Waals surface area (Å²) in [7, 11) is 0. The molecule has 0 unspecified atom stereocenters. The van der Waals surface area contributed by atoms with Gasteiger partial charge in [0.1, 0.15) is 11.5 Å². The van der Waals surface area contributed by atoms with Gasteiger partial charge in [-0.2, -0.15) is 8.78 Å². The number of hydrogen-bond donors (Lipinski definition) is 1. The lowest BCUT2D eigenvalue weighted by Crippen LogP contribution is -2.32. The molecule has 0 saturated carbocycles. The SMILES string of the molecule is C[C@@H](OC(=O)COc1ccccc1C(C)(C)C)C(=O)Nc1ccccc1OC(F)F. The minimum Gasteiger partial charge on any atom is -0.482 e. The predicted molar refractivity (Wildman–Crippen MR) is 108 cm³/mol. The Morgan fingerprint density at radius 1 is 1.00 bits per heavy atom. The summed E-state index contributed by atoms with van der Waals surface area (Å²) in [5, 5.41) is 2.41. The van der Waals surface area contributed by atoms with Gasteiger partial charge in [-0.1, -0.05) is 51.1 Å². The highest BCUT2D eigenvalue weighted by Gasteiger charge is 2.22. The molecule has 1 N–H and O–H groups in total. The highest BCUT2D eigenvalue weighted by atomic mass is 19.3. The summed E-state index contributed by atoms with van der Waals surface area (Å²) in [4.78, 5) is 24.4. The Morgan fingerprint density at radius 2 is 1.60 bits per heavy atom. The van der Waals surface area contributed by atoms with Gasteiger partial charge < -0.3 is 19.5 Å². The first kappa shape index (κ1) is 23.1. The van der Waals surface area contributed by atoms with Gasteiger partial charge in [-0.15, -0.1) is 0 Å². The lowest BCUT2D eigenvalue weighted by atomic mass is 9.86. The van der Waals surface area contributed by atoms with E-state index in [1.165, 1.54) is 25.1 Å². The van der Waals surface area contributed by atoms with E-state index < -0.39 is 24.6 Å². The van der Waals surface area contributed by atoms with Crippen molar-refractivity contribution in [3.63, 3.8) is 0 Å². The summed E-state index contributed by atoms with van der Waals surface area (Å²) in [6.45, 7) is 4.02. The first-order valence-electron chi connectivity index (χ1n) is 9.34. The van der Waals surface area contributed by atoms with Gasteiger partial charge in [0.15, 0.2) is 12.7 Å². The quantitative estimate of drug-likeness (QED) is 0.634. The van der Waals surface area contributed by atoms with Crippen LogP contribution in [0.1, 0.15) is 33.3 Å². The van der Waals surface area contributed by atoms with Crippen LogP contribution in [0.5, 0.6) is 11.5 Å². The summed E-state index contributed by atoms with van der Waals surface area (Å²) in [6, 6.07) is 13.1. The molecule has 30 heavy (non-hydrogen) atoms. The molecule has 6 nitrogen and oxygen atoms in total. The Morgan fingerprint density at radius 3 is 2.23 bits per heavy atom. The molecule has 0 saturated heterocycles. The molecule has 0 spiro atoms. The Balaban J connectivity index is 1.93. The molecule has 1 amide bonds. The van der Waals surface area contributed by atoms with Crippen molar-refractivity contribution < 1.29 is 32.6 Å². The van der Waals surface area contributed by atoms with Gasteiger partial charge in [0, 0.05) is 0 Å². The number of carbonyl (C=O) groups is 2. The zero-order chi connectivity index (χ0) is 22.3. The second-order valence-electron chi connectivity index (χ2n) is 7.53. The van der Waals surface area contributed by atoms with Gasteiger partial charge in [-0.25, -0.2) is 4.79 Å². The Hall–Kier alpha value is -3.16. The third-order valence-electron chi connectivity index (χ3n) is 4.08. The first-order chi connectivity index (χ1) is 14.1. The second-order valence-corrected chi connectivity index (χ2v) is 7.53. The van der Waals surface area contributed by atoms with Gasteiger partial charge in [-0.05, 0) is 36.1 Å². The number of para-hydroxylation sites is 3. The number of carbonyl (C=O) groups excluding carboxylic acids is 2. The summed E-state index contributed by atoms with van der Waals surface area (Å²) < 4.78 is 40.0. The minimum atomic E-state index is -3.04. The van der Waals surface area contributed by atoms with Crippen LogP contribution in [0.3, 0.4) is 0 Å². The second kappa shape index (κ2) is 10.0. The predicted octanol–water partition coefficient (Wildman–Crippen LogP) is 4.53. The van der Waals surface area contributed by atoms with Gasteiger partial charge in [0.2, 0.25) is 0 Å². The van der Waals surface area contributed by atoms with Crippen LogP contribution in [0.25, 0.3) is 0 Å². The van der Waals surface area contributed by atoms with Crippen molar-refractivity contribution >= 4 is 17.6 Å². The molecular formula is C22H25F2NO5. The van der Waals surface area contributed by atoms with E-state index in [9.17, 15) is 18.4 Å². The van der Waals surface area contributed by atoms with Gasteiger partial charge >= 0.3 is 12.6 Å². The third-order valence-corrected chi connectivity index (χ3v) is 4.08. The number of nitrogens with one attached hydrogen (secondary N) is 1. The summed E-state index contributed by atoms with van der Waals surface area (Å²) >= 11 is 0. The smallest absolute Gasteiger partial charge is 0.387 e. The van der Waals surface area contributed by atoms with Crippen LogP contribution in [0.15, 0.2) is 48.5 Å². The average molecular weight is 421 g/mol. The summed E-state index contributed by atoms with van der Waals surface area (Å²) in [6.07, 6.45) is -1.17. The van der Waals surface area contributed by atoms with Crippen molar-refractivity contribution in [2.75, 3.05) is 11.9 Å². The summed E-state index contributed by atoms with van der Waals surface area (Å²) in [5.41, 5.74) is 0.793. The normalized spacial score (nSPS) is 12.2. The van der Waals surface area contributed by atoms with E-state index in [0.29, 0.717) is 5.75 Å². The number of rotatable bonds is 8. The maximum atomic E-state index is 12.5. The lowest BCUT2D eigenvalue weighted by Gasteiger charge is -2.22. The molecule has 0 heterocycles. The summed E-state index contributed by atoms with van der Waals surface area (Å²) in [5.74, 6) is -1.07. The van der Waals surface area contributed by atoms with E-state index in [0.717, 1.165) is 5.56 Å². The number of benzene rings is 2. The number of anilines is 1. The number of amides is 1. The van der Waals surface area contributed by atoms with E-state index >= 15 is 0 Å². The van der Waals surface area contributed by atoms with Crippen LogP contribution in [-0.2, 0) is 19.7 Å². The number of halogens is 2. The van der Waals surface area contributed by atoms with Crippen LogP contribution >= 0.6 is 0 Å². The zero-order valence-electron chi connectivity index (χ0n) is 17.3. The molecule has 0 bridgehead atoms. The Kier molecular flexibility index (Phi) is 7.74. The molecule has 2 aromatic rings. The first-order valence-corrected chi connectivity index (χ1v) is 9.34. The zero-order valence-corrected chi connectivity index (χ0v) is 17.3. The number of hydrogen-bond acceptors (Lipinski definition) is 5. The van der Waals surface area contributed by atoms with E-state index in [2.05, 4.69) is 10.1 Å². The molecule has 0 radical (unpaired) electrons. The van der Waals surface area contributed by atoms with Crippen LogP contribution in [-0.4, -0.2) is 31.2 Å². The van der Waals surface area contributed by atoms with E-state index in [4.69, 9.17) is 9.47 Å². The Labute approximate surface area is 174 Å². The van der Waals surface area contributed by atoms with Crippen molar-refractivity contribution in [3.05, 3.63) is 54.1 Å². The Bertz CT molecular complexity index is 880. The molecule has 0 aliphatic heterocycles. The number of ether oxygens (including phenoxy) is 3. The standard InChI is InChI=1S/C22H25F2NO5/c1-14(20(27)25-16-10-6-8-12-18(16)30-21(23)24)29-19(26)13-28-17-11-7-5-9-15(17)22(2,3)4/h5-12,14,21H,13H2,1-4H3,(H,25,27)/t14-/m1/s1. The third kappa shape index (κ3) is 6.72. The largest absolute Gasteiger partial charge is 0.482 e. The van der Waals surface area contributed by atoms with E-state index in [1.807, 2.05) is 32.9 Å². The van der Waals surface area contributed by atoms with Gasteiger partial charge in [0.25, 0.3) is 5.91 Å². The van der Waals surface area contributed by atoms with Crippen LogP contribution in [0.2, 0.25) is 0 Å². The minimum absolute atomic E-state index is 0.0426. The van der Waals surface area contributed by atoms with Crippen molar-refractivity contribution in [3.8, 4) is 11.5 Å². The number of esters is 1. The molecule has 0 aliphatic carbocycles. The van der Waals surface area contributed by atoms with Crippen LogP contribution in [0, 0.1) is 0 Å². The highest BCUT2D eigenvalue weighted by Crippen LogP contribution is 2.31. The van der Waals surface area contributed by atoms with Crippen molar-refractivity contribution in [2.45, 2.75) is 45.8 Å². The molecule has 2 rings (SSSR count). The maximum Gasteiger partial charge on any atom is 0.387 e. The average Bonchev–Trinajstić information content (AvgIpc) is 2.67. The van der Waals surface area contributed by atoms with E-state index in [1.54, 1.807) is 18.2 Å². The molecule has 0 fully saturated rings. The topological polar surface area (TPSA) is 73.9 Å². The van der Waals surface area contributed by atoms with Crippen LogP contribution in [0.4, 0.5) is 14.5 Å². The highest BCUT2D eigenvalue weighted by molar-refractivity contribution is 5.96. The maximum absolute atomic E-state index is 12.5. The monoisotopic (exact) mass is 421 g/mol. The fraction of sp³-hybridized carbons (Fsp3) is 0.364. The molecular weight excluding hydrogens is 396 g/mol. The van der Waals surface area contributed by atoms with Gasteiger partial charge in [0.05, 0.1) is 5.69 Å². The van der Waals surface area contributed by atoms with Gasteiger partial charge in [-0.3, -0.25) is 4.79 Å². The molecule has 2 aromatic carbocycles. The number of alkyl halides is 2. The molecule has 162 valence electrons. The van der Waals surface area contributed by atoms with Crippen molar-refractivity contribution in [1.29, 1.82) is 0 Å². The lowest BCUT2D eigenvalue weighted by molar-refractivity contribution is -0.155. The fourth-order valence-corrected chi connectivity index (χ4v) is 2.64. The van der Waals surface area contributed by atoms with Crippen molar-refractivity contribution in [2.24, 2.45) is 0 Å². The van der Waals surface area contributed by atoms with E-state index in [-0.39, 0.29) is 23.5 Å². The van der Waals surface area contributed by atoms with Crippen LogP contribution < -0.4 is 14.8 Å². The molecule has 0 aliphatic rings. The molecule has 1 atom stereocenters.